The molecule has 0 saturated heterocycles. The molecule has 1 unspecified atom stereocenters. The van der Waals surface area contributed by atoms with Crippen molar-refractivity contribution >= 4 is 23.2 Å². The molecular formula is C12H17Cl2NO. The van der Waals surface area contributed by atoms with Gasteiger partial charge in [-0.3, -0.25) is 0 Å². The maximum Gasteiger partial charge on any atom is 0.121 e. The summed E-state index contributed by atoms with van der Waals surface area (Å²) in [7, 11) is 0. The monoisotopic (exact) mass is 261 g/mol. The SMILES string of the molecule is CC(N)CC(C)(C)Oc1ccc(Cl)c(Cl)c1. The zero-order chi connectivity index (χ0) is 12.3. The Hall–Kier alpha value is -0.440. The van der Waals surface area contributed by atoms with E-state index in [0.717, 1.165) is 6.42 Å². The van der Waals surface area contributed by atoms with Crippen molar-refractivity contribution in [2.24, 2.45) is 5.73 Å². The maximum atomic E-state index is 5.91. The van der Waals surface area contributed by atoms with Crippen LogP contribution < -0.4 is 10.5 Å². The van der Waals surface area contributed by atoms with Crippen LogP contribution in [-0.2, 0) is 0 Å². The minimum atomic E-state index is -0.314. The minimum absolute atomic E-state index is 0.0952. The zero-order valence-electron chi connectivity index (χ0n) is 9.76. The summed E-state index contributed by atoms with van der Waals surface area (Å²) in [6.07, 6.45) is 0.771. The van der Waals surface area contributed by atoms with E-state index >= 15 is 0 Å². The second-order valence-corrected chi connectivity index (χ2v) is 5.43. The molecule has 16 heavy (non-hydrogen) atoms. The summed E-state index contributed by atoms with van der Waals surface area (Å²) in [5.74, 6) is 0.708. The molecule has 0 fully saturated rings. The summed E-state index contributed by atoms with van der Waals surface area (Å²) in [5.41, 5.74) is 5.44. The Balaban J connectivity index is 2.76. The standard InChI is InChI=1S/C12H17Cl2NO/c1-8(15)7-12(2,3)16-9-4-5-10(13)11(14)6-9/h4-6,8H,7,15H2,1-3H3. The van der Waals surface area contributed by atoms with E-state index in [0.29, 0.717) is 15.8 Å². The van der Waals surface area contributed by atoms with Crippen molar-refractivity contribution in [3.8, 4) is 5.75 Å². The lowest BCUT2D eigenvalue weighted by atomic mass is 10.0. The average molecular weight is 262 g/mol. The van der Waals surface area contributed by atoms with E-state index in [1.165, 1.54) is 0 Å². The van der Waals surface area contributed by atoms with Crippen molar-refractivity contribution in [3.05, 3.63) is 28.2 Å². The third-order valence-corrected chi connectivity index (χ3v) is 2.84. The molecule has 1 atom stereocenters. The highest BCUT2D eigenvalue weighted by Gasteiger charge is 2.21. The Kier molecular flexibility index (Phi) is 4.48. The minimum Gasteiger partial charge on any atom is -0.488 e. The van der Waals surface area contributed by atoms with Crippen molar-refractivity contribution in [1.82, 2.24) is 0 Å². The van der Waals surface area contributed by atoms with E-state index in [2.05, 4.69) is 0 Å². The van der Waals surface area contributed by atoms with Gasteiger partial charge in [0.15, 0.2) is 0 Å². The number of halogens is 2. The van der Waals surface area contributed by atoms with Gasteiger partial charge in [-0.25, -0.2) is 0 Å². The summed E-state index contributed by atoms with van der Waals surface area (Å²) in [5, 5.41) is 1.02. The summed E-state index contributed by atoms with van der Waals surface area (Å²) in [4.78, 5) is 0. The number of hydrogen-bond donors (Lipinski definition) is 1. The molecule has 0 aliphatic heterocycles. The van der Waals surface area contributed by atoms with E-state index in [1.54, 1.807) is 18.2 Å². The first kappa shape index (κ1) is 13.6. The summed E-state index contributed by atoms with van der Waals surface area (Å²) in [6.45, 7) is 5.96. The smallest absolute Gasteiger partial charge is 0.121 e. The van der Waals surface area contributed by atoms with Crippen LogP contribution in [0.25, 0.3) is 0 Å². The van der Waals surface area contributed by atoms with Gasteiger partial charge in [-0.15, -0.1) is 0 Å². The van der Waals surface area contributed by atoms with Crippen LogP contribution in [0.5, 0.6) is 5.75 Å². The Morgan fingerprint density at radius 3 is 2.44 bits per heavy atom. The van der Waals surface area contributed by atoms with E-state index in [1.807, 2.05) is 20.8 Å². The Bertz CT molecular complexity index is 364. The summed E-state index contributed by atoms with van der Waals surface area (Å²) < 4.78 is 5.83. The van der Waals surface area contributed by atoms with E-state index in [9.17, 15) is 0 Å². The Morgan fingerprint density at radius 1 is 1.31 bits per heavy atom. The molecular weight excluding hydrogens is 245 g/mol. The fourth-order valence-corrected chi connectivity index (χ4v) is 1.96. The van der Waals surface area contributed by atoms with Crippen LogP contribution >= 0.6 is 23.2 Å². The Labute approximate surface area is 107 Å². The van der Waals surface area contributed by atoms with Gasteiger partial charge in [-0.2, -0.15) is 0 Å². The topological polar surface area (TPSA) is 35.2 Å². The van der Waals surface area contributed by atoms with Gasteiger partial charge in [0, 0.05) is 18.5 Å². The number of nitrogens with two attached hydrogens (primary N) is 1. The van der Waals surface area contributed by atoms with Crippen LogP contribution in [0, 0.1) is 0 Å². The molecule has 2 N–H and O–H groups in total. The van der Waals surface area contributed by atoms with Crippen molar-refractivity contribution in [2.75, 3.05) is 0 Å². The van der Waals surface area contributed by atoms with Gasteiger partial charge in [-0.05, 0) is 32.9 Å². The van der Waals surface area contributed by atoms with Gasteiger partial charge in [0.25, 0.3) is 0 Å². The van der Waals surface area contributed by atoms with Crippen molar-refractivity contribution in [3.63, 3.8) is 0 Å². The first-order valence-electron chi connectivity index (χ1n) is 5.20. The normalized spacial score (nSPS) is 13.6. The Morgan fingerprint density at radius 2 is 1.94 bits per heavy atom. The fourth-order valence-electron chi connectivity index (χ4n) is 1.68. The van der Waals surface area contributed by atoms with Crippen molar-refractivity contribution < 1.29 is 4.74 Å². The second kappa shape index (κ2) is 5.26. The van der Waals surface area contributed by atoms with E-state index < -0.39 is 0 Å². The summed E-state index contributed by atoms with van der Waals surface area (Å²) in [6, 6.07) is 5.34. The molecule has 0 heterocycles. The highest BCUT2D eigenvalue weighted by Crippen LogP contribution is 2.29. The molecule has 0 bridgehead atoms. The van der Waals surface area contributed by atoms with Crippen LogP contribution in [0.4, 0.5) is 0 Å². The summed E-state index contributed by atoms with van der Waals surface area (Å²) >= 11 is 11.7. The largest absolute Gasteiger partial charge is 0.488 e. The van der Waals surface area contributed by atoms with Gasteiger partial charge < -0.3 is 10.5 Å². The molecule has 0 aliphatic carbocycles. The van der Waals surface area contributed by atoms with Gasteiger partial charge in [-0.1, -0.05) is 23.2 Å². The van der Waals surface area contributed by atoms with Crippen LogP contribution in [0.15, 0.2) is 18.2 Å². The fraction of sp³-hybridized carbons (Fsp3) is 0.500. The predicted molar refractivity (Wildman–Crippen MR) is 69.4 cm³/mol. The first-order valence-corrected chi connectivity index (χ1v) is 5.95. The van der Waals surface area contributed by atoms with Gasteiger partial charge in [0.05, 0.1) is 10.0 Å². The second-order valence-electron chi connectivity index (χ2n) is 4.62. The van der Waals surface area contributed by atoms with Crippen LogP contribution in [-0.4, -0.2) is 11.6 Å². The maximum absolute atomic E-state index is 5.91. The molecule has 1 aromatic rings. The number of hydrogen-bond acceptors (Lipinski definition) is 2. The molecule has 0 saturated carbocycles. The molecule has 0 aliphatic rings. The molecule has 1 rings (SSSR count). The van der Waals surface area contributed by atoms with Gasteiger partial charge in [0.1, 0.15) is 11.4 Å². The zero-order valence-corrected chi connectivity index (χ0v) is 11.3. The van der Waals surface area contributed by atoms with Crippen molar-refractivity contribution in [1.29, 1.82) is 0 Å². The molecule has 2 nitrogen and oxygen atoms in total. The number of benzene rings is 1. The molecule has 0 radical (unpaired) electrons. The van der Waals surface area contributed by atoms with Crippen molar-refractivity contribution in [2.45, 2.75) is 38.8 Å². The molecule has 90 valence electrons. The van der Waals surface area contributed by atoms with Gasteiger partial charge >= 0.3 is 0 Å². The number of ether oxygens (including phenoxy) is 1. The lowest BCUT2D eigenvalue weighted by molar-refractivity contribution is 0.0933. The predicted octanol–water partition coefficient (Wildman–Crippen LogP) is 3.89. The lowest BCUT2D eigenvalue weighted by Gasteiger charge is -2.28. The number of rotatable bonds is 4. The third kappa shape index (κ3) is 4.20. The van der Waals surface area contributed by atoms with Crippen LogP contribution in [0.1, 0.15) is 27.2 Å². The molecule has 0 aromatic heterocycles. The molecule has 4 heteroatoms. The highest BCUT2D eigenvalue weighted by molar-refractivity contribution is 6.42. The molecule has 0 amide bonds. The van der Waals surface area contributed by atoms with E-state index in [-0.39, 0.29) is 11.6 Å². The third-order valence-electron chi connectivity index (χ3n) is 2.10. The van der Waals surface area contributed by atoms with Crippen LogP contribution in [0.2, 0.25) is 10.0 Å². The average Bonchev–Trinajstić information content (AvgIpc) is 2.08. The van der Waals surface area contributed by atoms with Gasteiger partial charge in [0.2, 0.25) is 0 Å². The quantitative estimate of drug-likeness (QED) is 0.893. The molecule has 1 aromatic carbocycles. The lowest BCUT2D eigenvalue weighted by Crippen LogP contribution is -2.35. The van der Waals surface area contributed by atoms with E-state index in [4.69, 9.17) is 33.7 Å². The highest BCUT2D eigenvalue weighted by atomic mass is 35.5. The van der Waals surface area contributed by atoms with Crippen LogP contribution in [0.3, 0.4) is 0 Å². The molecule has 0 spiro atoms. The first-order chi connectivity index (χ1) is 7.30.